The van der Waals surface area contributed by atoms with Gasteiger partial charge >= 0.3 is 6.09 Å². The fraction of sp³-hybridized carbons (Fsp3) is 0.469. The number of halogens is 1. The van der Waals surface area contributed by atoms with Crippen molar-refractivity contribution >= 4 is 43.4 Å². The highest BCUT2D eigenvalue weighted by Crippen LogP contribution is 2.48. The van der Waals surface area contributed by atoms with Crippen LogP contribution in [0.5, 0.6) is 0 Å². The van der Waals surface area contributed by atoms with Crippen LogP contribution in [-0.2, 0) is 24.8 Å². The standard InChI is InChI=1S/C32H38ClN4O8S2/c1-32(2)15-10-30-23(21-32)22-45-31(38)37(30,24-11-16-34(17-12-24)46(41,42)26-6-4-3-5-7-26)25-13-18-35(19-14-25)47(43,44)27-8-9-28(33)29(20-27)36(39)40/h3-10,20-21,24-25H,11-19,22H2,1-2H3/q+1. The molecule has 15 heteroatoms. The van der Waals surface area contributed by atoms with E-state index < -0.39 is 36.8 Å². The second kappa shape index (κ2) is 12.4. The zero-order valence-corrected chi connectivity index (χ0v) is 28.6. The highest BCUT2D eigenvalue weighted by molar-refractivity contribution is 7.89. The van der Waals surface area contributed by atoms with Crippen LogP contribution in [0.4, 0.5) is 10.5 Å². The number of allylic oxidation sites excluding steroid dienone is 2. The largest absolute Gasteiger partial charge is 0.522 e. The summed E-state index contributed by atoms with van der Waals surface area (Å²) in [6.07, 6.45) is 6.10. The topological polar surface area (TPSA) is 144 Å². The van der Waals surface area contributed by atoms with Crippen molar-refractivity contribution in [3.63, 3.8) is 0 Å². The number of fused-ring (bicyclic) bond motifs is 1. The number of carbonyl (C=O) groups excluding carboxylic acids is 1. The maximum atomic E-state index is 14.2. The number of nitrogens with zero attached hydrogens (tertiary/aromatic N) is 4. The van der Waals surface area contributed by atoms with Crippen LogP contribution in [0.1, 0.15) is 46.0 Å². The highest BCUT2D eigenvalue weighted by atomic mass is 35.5. The molecule has 0 radical (unpaired) electrons. The van der Waals surface area contributed by atoms with Gasteiger partial charge in [-0.25, -0.2) is 16.8 Å². The van der Waals surface area contributed by atoms with Crippen molar-refractivity contribution in [2.45, 2.75) is 67.8 Å². The number of quaternary nitrogens is 1. The normalized spacial score (nSPS) is 25.0. The van der Waals surface area contributed by atoms with E-state index in [-0.39, 0.29) is 69.6 Å². The lowest BCUT2D eigenvalue weighted by Gasteiger charge is -2.53. The van der Waals surface area contributed by atoms with Crippen molar-refractivity contribution < 1.29 is 35.8 Å². The van der Waals surface area contributed by atoms with E-state index in [1.807, 2.05) is 0 Å². The minimum Gasteiger partial charge on any atom is -0.415 e. The number of rotatable bonds is 7. The van der Waals surface area contributed by atoms with E-state index in [4.69, 9.17) is 16.3 Å². The van der Waals surface area contributed by atoms with Gasteiger partial charge in [-0.1, -0.05) is 49.7 Å². The van der Waals surface area contributed by atoms with E-state index in [0.29, 0.717) is 32.1 Å². The van der Waals surface area contributed by atoms with Crippen molar-refractivity contribution in [3.8, 4) is 0 Å². The van der Waals surface area contributed by atoms with Crippen LogP contribution in [0.2, 0.25) is 5.02 Å². The van der Waals surface area contributed by atoms with Gasteiger partial charge in [-0.2, -0.15) is 17.9 Å². The molecule has 12 nitrogen and oxygen atoms in total. The molecule has 2 aromatic rings. The monoisotopic (exact) mass is 705 g/mol. The first-order chi connectivity index (χ1) is 22.2. The number of amides is 1. The summed E-state index contributed by atoms with van der Waals surface area (Å²) < 4.78 is 62.7. The van der Waals surface area contributed by atoms with E-state index in [0.717, 1.165) is 17.3 Å². The van der Waals surface area contributed by atoms with Gasteiger partial charge in [-0.15, -0.1) is 0 Å². The molecule has 1 amide bonds. The van der Waals surface area contributed by atoms with Crippen molar-refractivity contribution in [2.24, 2.45) is 5.41 Å². The predicted octanol–water partition coefficient (Wildman–Crippen LogP) is 5.46. The Morgan fingerprint density at radius 2 is 1.45 bits per heavy atom. The molecule has 252 valence electrons. The van der Waals surface area contributed by atoms with E-state index in [1.165, 1.54) is 20.7 Å². The van der Waals surface area contributed by atoms with Crippen molar-refractivity contribution in [2.75, 3.05) is 32.8 Å². The fourth-order valence-corrected chi connectivity index (χ4v) is 10.8. The summed E-state index contributed by atoms with van der Waals surface area (Å²) in [4.78, 5) is 24.9. The van der Waals surface area contributed by atoms with Crippen LogP contribution in [-0.4, -0.2) is 85.8 Å². The second-order valence-electron chi connectivity index (χ2n) is 13.2. The molecule has 0 aromatic heterocycles. The van der Waals surface area contributed by atoms with Gasteiger partial charge in [-0.05, 0) is 42.2 Å². The van der Waals surface area contributed by atoms with Crippen LogP contribution in [0.25, 0.3) is 0 Å². The molecule has 0 bridgehead atoms. The van der Waals surface area contributed by atoms with E-state index in [9.17, 15) is 31.7 Å². The Balaban J connectivity index is 1.30. The van der Waals surface area contributed by atoms with Crippen LogP contribution in [0.3, 0.4) is 0 Å². The minimum absolute atomic E-state index is 0.0930. The molecule has 0 spiro atoms. The van der Waals surface area contributed by atoms with E-state index >= 15 is 0 Å². The Morgan fingerprint density at radius 1 is 0.894 bits per heavy atom. The van der Waals surface area contributed by atoms with Gasteiger partial charge in [0, 0.05) is 63.5 Å². The Labute approximate surface area is 280 Å². The van der Waals surface area contributed by atoms with Crippen LogP contribution in [0.15, 0.2) is 81.7 Å². The molecule has 3 saturated heterocycles. The van der Waals surface area contributed by atoms with Gasteiger partial charge in [-0.3, -0.25) is 10.1 Å². The van der Waals surface area contributed by atoms with Crippen molar-refractivity contribution in [1.29, 1.82) is 0 Å². The predicted molar refractivity (Wildman–Crippen MR) is 174 cm³/mol. The van der Waals surface area contributed by atoms with Gasteiger partial charge in [0.25, 0.3) is 5.69 Å². The SMILES string of the molecule is CC1(C)C=C2COC(=O)[N+](C3CCN(S(=O)(=O)c4ccccc4)CC3)(C3CCN(S(=O)(=O)c4ccc(Cl)c([N+](=O)[O-])c4)CC3)C2=CC1. The molecule has 2 aromatic carbocycles. The summed E-state index contributed by atoms with van der Waals surface area (Å²) in [5.74, 6) is 0. The lowest BCUT2D eigenvalue weighted by Crippen LogP contribution is -2.69. The van der Waals surface area contributed by atoms with Gasteiger partial charge in [0.2, 0.25) is 20.0 Å². The number of carbonyl (C=O) groups is 1. The first kappa shape index (κ1) is 33.7. The molecule has 1 atom stereocenters. The van der Waals surface area contributed by atoms with E-state index in [1.54, 1.807) is 30.3 Å². The molecule has 47 heavy (non-hydrogen) atoms. The third-order valence-corrected chi connectivity index (χ3v) is 14.0. The molecule has 4 aliphatic rings. The second-order valence-corrected chi connectivity index (χ2v) is 17.5. The van der Waals surface area contributed by atoms with Gasteiger partial charge in [0.1, 0.15) is 29.4 Å². The average Bonchev–Trinajstić information content (AvgIpc) is 3.05. The third kappa shape index (κ3) is 5.93. The Morgan fingerprint density at radius 3 is 2.00 bits per heavy atom. The molecular weight excluding hydrogens is 668 g/mol. The number of cyclic esters (lactones) is 1. The molecule has 3 aliphatic heterocycles. The summed E-state index contributed by atoms with van der Waals surface area (Å²) in [5, 5.41) is 11.3. The third-order valence-electron chi connectivity index (χ3n) is 9.90. The maximum absolute atomic E-state index is 14.2. The lowest BCUT2D eigenvalue weighted by molar-refractivity contribution is -0.875. The summed E-state index contributed by atoms with van der Waals surface area (Å²) in [6.45, 7) is 5.04. The average molecular weight is 706 g/mol. The zero-order chi connectivity index (χ0) is 33.8. The number of hydrogen-bond donors (Lipinski definition) is 0. The van der Waals surface area contributed by atoms with Gasteiger partial charge in [0.05, 0.1) is 14.7 Å². The first-order valence-corrected chi connectivity index (χ1v) is 18.9. The Hall–Kier alpha value is -3.14. The van der Waals surface area contributed by atoms with Gasteiger partial charge < -0.3 is 4.74 Å². The fourth-order valence-electron chi connectivity index (χ4n) is 7.60. The Bertz CT molecular complexity index is 1860. The molecule has 0 saturated carbocycles. The number of piperidine rings is 2. The quantitative estimate of drug-likeness (QED) is 0.210. The zero-order valence-electron chi connectivity index (χ0n) is 26.2. The molecule has 1 aliphatic carbocycles. The lowest BCUT2D eigenvalue weighted by atomic mass is 9.79. The molecule has 1 unspecified atom stereocenters. The minimum atomic E-state index is -4.09. The summed E-state index contributed by atoms with van der Waals surface area (Å²) >= 11 is 5.93. The molecule has 6 rings (SSSR count). The summed E-state index contributed by atoms with van der Waals surface area (Å²) in [6, 6.07) is 11.1. The molecule has 0 N–H and O–H groups in total. The smallest absolute Gasteiger partial charge is 0.415 e. The van der Waals surface area contributed by atoms with Crippen LogP contribution in [0, 0.1) is 15.5 Å². The van der Waals surface area contributed by atoms with Crippen LogP contribution >= 0.6 is 11.6 Å². The van der Waals surface area contributed by atoms with Crippen LogP contribution < -0.4 is 0 Å². The van der Waals surface area contributed by atoms with Crippen molar-refractivity contribution in [3.05, 3.63) is 87.1 Å². The highest BCUT2D eigenvalue weighted by Gasteiger charge is 2.60. The molecule has 3 fully saturated rings. The molecule has 3 heterocycles. The number of sulfonamides is 2. The number of nitro benzene ring substituents is 1. The Kier molecular flexibility index (Phi) is 8.90. The maximum Gasteiger partial charge on any atom is 0.522 e. The molecular formula is C32H38ClN4O8S2+. The number of nitro groups is 1. The summed E-state index contributed by atoms with van der Waals surface area (Å²) in [5.41, 5.74) is 1.18. The first-order valence-electron chi connectivity index (χ1n) is 15.7. The van der Waals surface area contributed by atoms with E-state index in [2.05, 4.69) is 26.0 Å². The number of ether oxygens (including phenoxy) is 1. The van der Waals surface area contributed by atoms with Gasteiger partial charge in [0.15, 0.2) is 0 Å². The number of hydrogen-bond acceptors (Lipinski definition) is 8. The van der Waals surface area contributed by atoms with Crippen molar-refractivity contribution in [1.82, 2.24) is 8.61 Å². The number of benzene rings is 2. The summed E-state index contributed by atoms with van der Waals surface area (Å²) in [7, 11) is -7.80.